The summed E-state index contributed by atoms with van der Waals surface area (Å²) >= 11 is 1.34. The second-order valence-corrected chi connectivity index (χ2v) is 10.4. The third kappa shape index (κ3) is 6.39. The standard InChI is InChI=1S/C27H34FN3O2S/c28-21-11-13-22(14-12-21)30-25(32)19-34-24-10-4-3-9-23(24)26(33)29-20-27(15-5-1-6-16-27)31-17-7-2-8-18-31/h3-4,9-14H,1-2,5-8,15-20H2,(H,29,33)(H,30,32). The molecule has 0 atom stereocenters. The number of piperidine rings is 1. The number of thioether (sulfide) groups is 1. The van der Waals surface area contributed by atoms with Gasteiger partial charge >= 0.3 is 0 Å². The molecule has 2 fully saturated rings. The second kappa shape index (κ2) is 11.8. The van der Waals surface area contributed by atoms with Crippen molar-refractivity contribution in [2.75, 3.05) is 30.7 Å². The van der Waals surface area contributed by atoms with E-state index in [4.69, 9.17) is 0 Å². The van der Waals surface area contributed by atoms with Gasteiger partial charge in [-0.3, -0.25) is 14.5 Å². The topological polar surface area (TPSA) is 61.4 Å². The molecule has 4 rings (SSSR count). The van der Waals surface area contributed by atoms with E-state index in [1.807, 2.05) is 24.3 Å². The van der Waals surface area contributed by atoms with Crippen molar-refractivity contribution < 1.29 is 14.0 Å². The molecule has 1 heterocycles. The molecule has 1 aliphatic heterocycles. The van der Waals surface area contributed by atoms with Gasteiger partial charge in [-0.05, 0) is 75.2 Å². The maximum absolute atomic E-state index is 13.2. The summed E-state index contributed by atoms with van der Waals surface area (Å²) in [6.07, 6.45) is 9.82. The summed E-state index contributed by atoms with van der Waals surface area (Å²) in [4.78, 5) is 29.0. The van der Waals surface area contributed by atoms with Crippen molar-refractivity contribution >= 4 is 29.3 Å². The van der Waals surface area contributed by atoms with Crippen LogP contribution in [-0.2, 0) is 4.79 Å². The fourth-order valence-electron chi connectivity index (χ4n) is 5.18. The summed E-state index contributed by atoms with van der Waals surface area (Å²) in [5.74, 6) is -0.455. The smallest absolute Gasteiger partial charge is 0.252 e. The van der Waals surface area contributed by atoms with Crippen LogP contribution in [0.1, 0.15) is 61.7 Å². The van der Waals surface area contributed by atoms with E-state index in [0.29, 0.717) is 17.8 Å². The van der Waals surface area contributed by atoms with Crippen LogP contribution in [0.3, 0.4) is 0 Å². The lowest BCUT2D eigenvalue weighted by Crippen LogP contribution is -2.58. The highest BCUT2D eigenvalue weighted by Gasteiger charge is 2.38. The molecule has 2 aromatic carbocycles. The van der Waals surface area contributed by atoms with E-state index in [2.05, 4.69) is 15.5 Å². The van der Waals surface area contributed by atoms with Crippen molar-refractivity contribution in [2.45, 2.75) is 61.8 Å². The number of halogens is 1. The van der Waals surface area contributed by atoms with Crippen molar-refractivity contribution in [1.29, 1.82) is 0 Å². The van der Waals surface area contributed by atoms with Gasteiger partial charge in [-0.15, -0.1) is 11.8 Å². The summed E-state index contributed by atoms with van der Waals surface area (Å²) in [6, 6.07) is 13.1. The number of carbonyl (C=O) groups is 2. The lowest BCUT2D eigenvalue weighted by molar-refractivity contribution is -0.113. The highest BCUT2D eigenvalue weighted by molar-refractivity contribution is 8.00. The fourth-order valence-corrected chi connectivity index (χ4v) is 6.03. The first-order chi connectivity index (χ1) is 16.6. The number of amides is 2. The molecular weight excluding hydrogens is 449 g/mol. The Labute approximate surface area is 205 Å². The molecule has 0 radical (unpaired) electrons. The average molecular weight is 484 g/mol. The summed E-state index contributed by atoms with van der Waals surface area (Å²) in [6.45, 7) is 2.94. The minimum Gasteiger partial charge on any atom is -0.350 e. The molecular formula is C27H34FN3O2S. The number of nitrogens with one attached hydrogen (secondary N) is 2. The molecule has 5 nitrogen and oxygen atoms in total. The molecule has 2 N–H and O–H groups in total. The summed E-state index contributed by atoms with van der Waals surface area (Å²) in [7, 11) is 0. The zero-order valence-corrected chi connectivity index (χ0v) is 20.5. The molecule has 2 amide bonds. The van der Waals surface area contributed by atoms with E-state index in [-0.39, 0.29) is 28.9 Å². The Morgan fingerprint density at radius 2 is 1.59 bits per heavy atom. The molecule has 1 saturated heterocycles. The Morgan fingerprint density at radius 3 is 2.32 bits per heavy atom. The molecule has 0 aromatic heterocycles. The van der Waals surface area contributed by atoms with Gasteiger partial charge in [0.1, 0.15) is 5.82 Å². The quantitative estimate of drug-likeness (QED) is 0.489. The van der Waals surface area contributed by atoms with E-state index < -0.39 is 0 Å². The number of rotatable bonds is 8. The first kappa shape index (κ1) is 24.7. The zero-order chi connectivity index (χ0) is 23.8. The summed E-state index contributed by atoms with van der Waals surface area (Å²) in [5.41, 5.74) is 1.23. The molecule has 0 unspecified atom stereocenters. The fraction of sp³-hybridized carbons (Fsp3) is 0.481. The average Bonchev–Trinajstić information content (AvgIpc) is 2.89. The third-order valence-electron chi connectivity index (χ3n) is 7.01. The molecule has 182 valence electrons. The van der Waals surface area contributed by atoms with Gasteiger partial charge in [-0.1, -0.05) is 37.8 Å². The van der Waals surface area contributed by atoms with Crippen molar-refractivity contribution in [3.63, 3.8) is 0 Å². The normalized spacial score (nSPS) is 18.3. The van der Waals surface area contributed by atoms with Crippen LogP contribution in [0.5, 0.6) is 0 Å². The molecule has 7 heteroatoms. The van der Waals surface area contributed by atoms with Crippen molar-refractivity contribution in [3.8, 4) is 0 Å². The van der Waals surface area contributed by atoms with Gasteiger partial charge in [0, 0.05) is 22.7 Å². The van der Waals surface area contributed by atoms with Gasteiger partial charge < -0.3 is 10.6 Å². The molecule has 1 saturated carbocycles. The lowest BCUT2D eigenvalue weighted by atomic mass is 9.79. The molecule has 0 bridgehead atoms. The van der Waals surface area contributed by atoms with Gasteiger partial charge in [0.25, 0.3) is 5.91 Å². The van der Waals surface area contributed by atoms with E-state index in [0.717, 1.165) is 30.8 Å². The van der Waals surface area contributed by atoms with Gasteiger partial charge in [0.05, 0.1) is 11.3 Å². The number of benzene rings is 2. The Hall–Kier alpha value is -2.38. The number of nitrogens with zero attached hydrogens (tertiary/aromatic N) is 1. The number of likely N-dealkylation sites (tertiary alicyclic amines) is 1. The van der Waals surface area contributed by atoms with Crippen LogP contribution in [0.2, 0.25) is 0 Å². The zero-order valence-electron chi connectivity index (χ0n) is 19.7. The molecule has 2 aliphatic rings. The van der Waals surface area contributed by atoms with Crippen LogP contribution in [0.4, 0.5) is 10.1 Å². The van der Waals surface area contributed by atoms with E-state index >= 15 is 0 Å². The largest absolute Gasteiger partial charge is 0.350 e. The van der Waals surface area contributed by atoms with Crippen molar-refractivity contribution in [3.05, 3.63) is 59.9 Å². The van der Waals surface area contributed by atoms with Crippen molar-refractivity contribution in [1.82, 2.24) is 10.2 Å². The molecule has 34 heavy (non-hydrogen) atoms. The Morgan fingerprint density at radius 1 is 0.912 bits per heavy atom. The third-order valence-corrected chi connectivity index (χ3v) is 8.08. The van der Waals surface area contributed by atoms with E-state index in [9.17, 15) is 14.0 Å². The Kier molecular flexibility index (Phi) is 8.62. The first-order valence-electron chi connectivity index (χ1n) is 12.4. The first-order valence-corrected chi connectivity index (χ1v) is 13.3. The predicted octanol–water partition coefficient (Wildman–Crippen LogP) is 5.48. The van der Waals surface area contributed by atoms with Crippen LogP contribution in [0.25, 0.3) is 0 Å². The van der Waals surface area contributed by atoms with Crippen LogP contribution in [0, 0.1) is 5.82 Å². The molecule has 0 spiro atoms. The van der Waals surface area contributed by atoms with Crippen LogP contribution >= 0.6 is 11.8 Å². The SMILES string of the molecule is O=C(CSc1ccccc1C(=O)NCC1(N2CCCCC2)CCCCC1)Nc1ccc(F)cc1. The number of anilines is 1. The predicted molar refractivity (Wildman–Crippen MR) is 136 cm³/mol. The number of carbonyl (C=O) groups excluding carboxylic acids is 2. The second-order valence-electron chi connectivity index (χ2n) is 9.36. The summed E-state index contributed by atoms with van der Waals surface area (Å²) < 4.78 is 13.1. The minimum absolute atomic E-state index is 0.0749. The lowest BCUT2D eigenvalue weighted by Gasteiger charge is -2.48. The Balaban J connectivity index is 1.36. The van der Waals surface area contributed by atoms with Gasteiger partial charge in [0.15, 0.2) is 0 Å². The van der Waals surface area contributed by atoms with Crippen molar-refractivity contribution in [2.24, 2.45) is 0 Å². The highest BCUT2D eigenvalue weighted by atomic mass is 32.2. The Bertz CT molecular complexity index is 970. The van der Waals surface area contributed by atoms with Gasteiger partial charge in [-0.2, -0.15) is 0 Å². The minimum atomic E-state index is -0.345. The maximum atomic E-state index is 13.2. The van der Waals surface area contributed by atoms with Crippen LogP contribution < -0.4 is 10.6 Å². The highest BCUT2D eigenvalue weighted by Crippen LogP contribution is 2.35. The monoisotopic (exact) mass is 483 g/mol. The van der Waals surface area contributed by atoms with E-state index in [1.54, 1.807) is 0 Å². The summed E-state index contributed by atoms with van der Waals surface area (Å²) in [5, 5.41) is 6.01. The number of hydrogen-bond donors (Lipinski definition) is 2. The number of hydrogen-bond acceptors (Lipinski definition) is 4. The maximum Gasteiger partial charge on any atom is 0.252 e. The van der Waals surface area contributed by atoms with Gasteiger partial charge in [-0.25, -0.2) is 4.39 Å². The van der Waals surface area contributed by atoms with Gasteiger partial charge in [0.2, 0.25) is 5.91 Å². The molecule has 2 aromatic rings. The van der Waals surface area contributed by atoms with E-state index in [1.165, 1.54) is 74.6 Å². The van der Waals surface area contributed by atoms with Crippen LogP contribution in [-0.4, -0.2) is 47.6 Å². The molecule has 1 aliphatic carbocycles. The van der Waals surface area contributed by atoms with Crippen LogP contribution in [0.15, 0.2) is 53.4 Å².